The Morgan fingerprint density at radius 3 is 2.20 bits per heavy atom. The highest BCUT2D eigenvalue weighted by atomic mass is 16.5. The molecule has 1 aliphatic carbocycles. The third-order valence-electron chi connectivity index (χ3n) is 5.76. The van der Waals surface area contributed by atoms with Crippen molar-refractivity contribution in [1.82, 2.24) is 10.2 Å². The van der Waals surface area contributed by atoms with E-state index in [0.29, 0.717) is 17.2 Å². The molecule has 30 heavy (non-hydrogen) atoms. The second kappa shape index (κ2) is 8.71. The first-order chi connectivity index (χ1) is 14.6. The first-order valence-electron chi connectivity index (χ1n) is 10.2. The lowest BCUT2D eigenvalue weighted by Crippen LogP contribution is -2.43. The number of ether oxygens (including phenoxy) is 2. The maximum atomic E-state index is 13.2. The zero-order valence-electron chi connectivity index (χ0n) is 17.3. The smallest absolute Gasteiger partial charge is 0.213 e. The fourth-order valence-electron chi connectivity index (χ4n) is 4.18. The number of methoxy groups -OCH3 is 2. The quantitative estimate of drug-likeness (QED) is 0.795. The number of fused-ring (bicyclic) bond motifs is 1. The van der Waals surface area contributed by atoms with Crippen molar-refractivity contribution < 1.29 is 19.1 Å². The number of Topliss-reactive ketones (excluding diaryl/α,β-unsaturated/α-hetero) is 1. The first-order valence-corrected chi connectivity index (χ1v) is 10.2. The van der Waals surface area contributed by atoms with E-state index < -0.39 is 0 Å². The minimum Gasteiger partial charge on any atom is -0.496 e. The summed E-state index contributed by atoms with van der Waals surface area (Å²) < 4.78 is 10.6. The molecule has 0 atom stereocenters. The van der Waals surface area contributed by atoms with Crippen LogP contribution < -0.4 is 14.8 Å². The fraction of sp³-hybridized carbons (Fsp3) is 0.333. The monoisotopic (exact) mass is 406 g/mol. The molecule has 2 aromatic rings. The number of hydrogen-bond donors (Lipinski definition) is 1. The Hall–Kier alpha value is -3.12. The van der Waals surface area contributed by atoms with Crippen molar-refractivity contribution >= 4 is 11.6 Å². The fourth-order valence-corrected chi connectivity index (χ4v) is 4.18. The Labute approximate surface area is 176 Å². The van der Waals surface area contributed by atoms with Gasteiger partial charge in [-0.25, -0.2) is 0 Å². The molecule has 1 aliphatic heterocycles. The standard InChI is InChI=1S/C24H26N2O4/c1-29-20-8-9-21(30-2)23-22(20)19(27)14-18(24(23)28)25-17-10-12-26(13-11-17)15-16-6-4-3-5-7-16/h3-9,14,17,25H,10-13,15H2,1-2H3. The van der Waals surface area contributed by atoms with E-state index in [9.17, 15) is 9.59 Å². The summed E-state index contributed by atoms with van der Waals surface area (Å²) in [6.45, 7) is 2.81. The van der Waals surface area contributed by atoms with Gasteiger partial charge in [0.2, 0.25) is 5.78 Å². The van der Waals surface area contributed by atoms with E-state index in [1.807, 2.05) is 6.07 Å². The Morgan fingerprint density at radius 2 is 1.57 bits per heavy atom. The predicted octanol–water partition coefficient (Wildman–Crippen LogP) is 3.22. The molecule has 0 bridgehead atoms. The molecule has 0 amide bonds. The second-order valence-electron chi connectivity index (χ2n) is 7.65. The molecule has 156 valence electrons. The lowest BCUT2D eigenvalue weighted by molar-refractivity contribution is 0.0967. The third-order valence-corrected chi connectivity index (χ3v) is 5.76. The molecular formula is C24H26N2O4. The van der Waals surface area contributed by atoms with E-state index in [2.05, 4.69) is 34.5 Å². The SMILES string of the molecule is COc1ccc(OC)c2c1C(=O)C=C(NC1CCN(Cc3ccccc3)CC1)C2=O. The number of carbonyl (C=O) groups excluding carboxylic acids is 2. The predicted molar refractivity (Wildman–Crippen MR) is 114 cm³/mol. The van der Waals surface area contributed by atoms with Gasteiger partial charge >= 0.3 is 0 Å². The molecule has 2 aromatic carbocycles. The molecular weight excluding hydrogens is 380 g/mol. The van der Waals surface area contributed by atoms with Gasteiger partial charge in [-0.3, -0.25) is 14.5 Å². The van der Waals surface area contributed by atoms with Gasteiger partial charge in [0, 0.05) is 31.8 Å². The Bertz CT molecular complexity index is 976. The van der Waals surface area contributed by atoms with Crippen LogP contribution in [-0.2, 0) is 6.54 Å². The molecule has 6 heteroatoms. The Morgan fingerprint density at radius 1 is 0.933 bits per heavy atom. The van der Waals surface area contributed by atoms with Gasteiger partial charge in [-0.05, 0) is 30.5 Å². The number of piperidine rings is 1. The van der Waals surface area contributed by atoms with E-state index in [-0.39, 0.29) is 28.7 Å². The molecule has 0 saturated carbocycles. The highest BCUT2D eigenvalue weighted by Gasteiger charge is 2.33. The number of rotatable bonds is 6. The second-order valence-corrected chi connectivity index (χ2v) is 7.65. The summed E-state index contributed by atoms with van der Waals surface area (Å²) in [5, 5.41) is 3.32. The molecule has 0 unspecified atom stereocenters. The largest absolute Gasteiger partial charge is 0.496 e. The van der Waals surface area contributed by atoms with Crippen LogP contribution in [0, 0.1) is 0 Å². The lowest BCUT2D eigenvalue weighted by Gasteiger charge is -2.33. The van der Waals surface area contributed by atoms with E-state index in [0.717, 1.165) is 32.5 Å². The van der Waals surface area contributed by atoms with Crippen LogP contribution in [0.3, 0.4) is 0 Å². The molecule has 2 aliphatic rings. The van der Waals surface area contributed by atoms with Crippen molar-refractivity contribution in [1.29, 1.82) is 0 Å². The van der Waals surface area contributed by atoms with Crippen LogP contribution in [-0.4, -0.2) is 49.8 Å². The van der Waals surface area contributed by atoms with E-state index >= 15 is 0 Å². The summed E-state index contributed by atoms with van der Waals surface area (Å²) in [7, 11) is 2.98. The van der Waals surface area contributed by atoms with E-state index in [4.69, 9.17) is 9.47 Å². The average molecular weight is 406 g/mol. The lowest BCUT2D eigenvalue weighted by atomic mass is 9.90. The van der Waals surface area contributed by atoms with Crippen molar-refractivity contribution in [2.75, 3.05) is 27.3 Å². The van der Waals surface area contributed by atoms with Gasteiger partial charge in [0.15, 0.2) is 5.78 Å². The highest BCUT2D eigenvalue weighted by Crippen LogP contribution is 2.35. The van der Waals surface area contributed by atoms with Crippen LogP contribution in [0.25, 0.3) is 0 Å². The molecule has 0 spiro atoms. The molecule has 1 heterocycles. The molecule has 6 nitrogen and oxygen atoms in total. The summed E-state index contributed by atoms with van der Waals surface area (Å²) >= 11 is 0. The van der Waals surface area contributed by atoms with Crippen molar-refractivity contribution in [3.05, 3.63) is 70.9 Å². The van der Waals surface area contributed by atoms with Gasteiger partial charge in [0.25, 0.3) is 0 Å². The molecule has 1 fully saturated rings. The van der Waals surface area contributed by atoms with Gasteiger partial charge in [0.05, 0.1) is 31.0 Å². The number of nitrogens with zero attached hydrogens (tertiary/aromatic N) is 1. The van der Waals surface area contributed by atoms with E-state index in [1.54, 1.807) is 12.1 Å². The van der Waals surface area contributed by atoms with Crippen molar-refractivity contribution in [2.45, 2.75) is 25.4 Å². The van der Waals surface area contributed by atoms with Crippen LogP contribution in [0.15, 0.2) is 54.2 Å². The van der Waals surface area contributed by atoms with Gasteiger partial charge in [-0.1, -0.05) is 30.3 Å². The highest BCUT2D eigenvalue weighted by molar-refractivity contribution is 6.26. The summed E-state index contributed by atoms with van der Waals surface area (Å²) in [5.41, 5.74) is 2.18. The van der Waals surface area contributed by atoms with Gasteiger partial charge in [-0.15, -0.1) is 0 Å². The van der Waals surface area contributed by atoms with Gasteiger partial charge in [0.1, 0.15) is 11.5 Å². The van der Waals surface area contributed by atoms with Crippen molar-refractivity contribution in [2.24, 2.45) is 0 Å². The van der Waals surface area contributed by atoms with Gasteiger partial charge < -0.3 is 14.8 Å². The average Bonchev–Trinajstić information content (AvgIpc) is 2.78. The molecule has 4 rings (SSSR count). The zero-order valence-corrected chi connectivity index (χ0v) is 17.3. The maximum Gasteiger partial charge on any atom is 0.213 e. The Balaban J connectivity index is 1.44. The number of carbonyl (C=O) groups is 2. The maximum absolute atomic E-state index is 13.2. The normalized spacial score (nSPS) is 17.3. The number of benzene rings is 2. The van der Waals surface area contributed by atoms with Crippen LogP contribution in [0.5, 0.6) is 11.5 Å². The number of ketones is 2. The van der Waals surface area contributed by atoms with Crippen molar-refractivity contribution in [3.63, 3.8) is 0 Å². The minimum atomic E-state index is -0.246. The van der Waals surface area contributed by atoms with Crippen LogP contribution in [0.4, 0.5) is 0 Å². The minimum absolute atomic E-state index is 0.151. The topological polar surface area (TPSA) is 67.9 Å². The summed E-state index contributed by atoms with van der Waals surface area (Å²) in [4.78, 5) is 28.3. The van der Waals surface area contributed by atoms with Crippen LogP contribution >= 0.6 is 0 Å². The molecule has 1 saturated heterocycles. The number of allylic oxidation sites excluding steroid dienone is 2. The van der Waals surface area contributed by atoms with Crippen LogP contribution in [0.2, 0.25) is 0 Å². The summed E-state index contributed by atoms with van der Waals surface area (Å²) in [6, 6.07) is 13.9. The third kappa shape index (κ3) is 3.96. The van der Waals surface area contributed by atoms with E-state index in [1.165, 1.54) is 25.9 Å². The molecule has 0 aromatic heterocycles. The molecule has 1 N–H and O–H groups in total. The molecule has 0 radical (unpaired) electrons. The number of hydrogen-bond acceptors (Lipinski definition) is 6. The number of nitrogens with one attached hydrogen (secondary N) is 1. The zero-order chi connectivity index (χ0) is 21.1. The van der Waals surface area contributed by atoms with Gasteiger partial charge in [-0.2, -0.15) is 0 Å². The summed E-state index contributed by atoms with van der Waals surface area (Å²) in [6.07, 6.45) is 3.21. The van der Waals surface area contributed by atoms with Crippen molar-refractivity contribution in [3.8, 4) is 11.5 Å². The van der Waals surface area contributed by atoms with Crippen LogP contribution in [0.1, 0.15) is 39.1 Å². The Kier molecular flexibility index (Phi) is 5.86. The summed E-state index contributed by atoms with van der Waals surface area (Å²) in [5.74, 6) is 0.291. The first kappa shape index (κ1) is 20.2. The number of likely N-dealkylation sites (tertiary alicyclic amines) is 1.